The summed E-state index contributed by atoms with van der Waals surface area (Å²) >= 11 is 0. The van der Waals surface area contributed by atoms with Gasteiger partial charge in [0.1, 0.15) is 0 Å². The topological polar surface area (TPSA) is 97.5 Å². The van der Waals surface area contributed by atoms with Crippen LogP contribution in [0.1, 0.15) is 26.7 Å². The maximum Gasteiger partial charge on any atom is 0.243 e. The Morgan fingerprint density at radius 1 is 1.22 bits per heavy atom. The Morgan fingerprint density at radius 3 is 2.48 bits per heavy atom. The van der Waals surface area contributed by atoms with Crippen LogP contribution in [0.3, 0.4) is 0 Å². The van der Waals surface area contributed by atoms with E-state index in [2.05, 4.69) is 0 Å². The van der Waals surface area contributed by atoms with Gasteiger partial charge in [-0.05, 0) is 37.0 Å². The Hall–Kier alpha value is -0.960. The van der Waals surface area contributed by atoms with E-state index in [1.54, 1.807) is 0 Å². The van der Waals surface area contributed by atoms with Gasteiger partial charge in [-0.3, -0.25) is 0 Å². The lowest BCUT2D eigenvalue weighted by atomic mass is 9.93. The van der Waals surface area contributed by atoms with Gasteiger partial charge in [0.15, 0.2) is 9.84 Å². The SMILES string of the molecule is CCS(=O)(=O)c1cccc(S(=O)(=O)N2CCCC(C)C2CN)c1. The molecule has 0 bridgehead atoms. The molecule has 1 heterocycles. The van der Waals surface area contributed by atoms with E-state index in [9.17, 15) is 16.8 Å². The van der Waals surface area contributed by atoms with E-state index in [4.69, 9.17) is 5.73 Å². The molecule has 1 aliphatic heterocycles. The molecule has 2 unspecified atom stereocenters. The van der Waals surface area contributed by atoms with E-state index >= 15 is 0 Å². The highest BCUT2D eigenvalue weighted by Gasteiger charge is 2.36. The molecule has 2 N–H and O–H groups in total. The summed E-state index contributed by atoms with van der Waals surface area (Å²) in [5.41, 5.74) is 5.78. The first-order valence-corrected chi connectivity index (χ1v) is 10.9. The molecular formula is C15H24N2O4S2. The van der Waals surface area contributed by atoms with Gasteiger partial charge < -0.3 is 5.73 Å². The number of nitrogens with two attached hydrogens (primary N) is 1. The molecule has 1 aliphatic rings. The lowest BCUT2D eigenvalue weighted by molar-refractivity contribution is 0.192. The van der Waals surface area contributed by atoms with E-state index in [0.717, 1.165) is 12.8 Å². The summed E-state index contributed by atoms with van der Waals surface area (Å²) in [5, 5.41) is 0. The molecule has 23 heavy (non-hydrogen) atoms. The average molecular weight is 361 g/mol. The third kappa shape index (κ3) is 3.60. The van der Waals surface area contributed by atoms with Crippen LogP contribution in [0.4, 0.5) is 0 Å². The van der Waals surface area contributed by atoms with Gasteiger partial charge in [-0.1, -0.05) is 19.9 Å². The Balaban J connectivity index is 2.46. The molecule has 0 saturated carbocycles. The second kappa shape index (κ2) is 6.88. The Kier molecular flexibility index (Phi) is 5.50. The molecule has 0 radical (unpaired) electrons. The summed E-state index contributed by atoms with van der Waals surface area (Å²) in [6.07, 6.45) is 1.72. The summed E-state index contributed by atoms with van der Waals surface area (Å²) < 4.78 is 51.3. The fraction of sp³-hybridized carbons (Fsp3) is 0.600. The number of sulfonamides is 1. The zero-order chi connectivity index (χ0) is 17.3. The molecule has 1 aromatic rings. The number of rotatable bonds is 5. The monoisotopic (exact) mass is 360 g/mol. The number of hydrogen-bond acceptors (Lipinski definition) is 5. The minimum absolute atomic E-state index is 0.0135. The molecule has 6 nitrogen and oxygen atoms in total. The molecule has 8 heteroatoms. The normalized spacial score (nSPS) is 23.8. The molecule has 0 aliphatic carbocycles. The van der Waals surface area contributed by atoms with Crippen molar-refractivity contribution in [2.24, 2.45) is 11.7 Å². The lowest BCUT2D eigenvalue weighted by Crippen LogP contribution is -2.51. The third-order valence-corrected chi connectivity index (χ3v) is 8.11. The van der Waals surface area contributed by atoms with Crippen LogP contribution in [-0.4, -0.2) is 46.0 Å². The first kappa shape index (κ1) is 18.4. The standard InChI is InChI=1S/C15H24N2O4S2/c1-3-22(18,19)13-7-4-8-14(10-13)23(20,21)17-9-5-6-12(2)15(17)11-16/h4,7-8,10,12,15H,3,5-6,9,11,16H2,1-2H3. The van der Waals surface area contributed by atoms with Gasteiger partial charge in [0.05, 0.1) is 15.5 Å². The van der Waals surface area contributed by atoms with Crippen LogP contribution in [-0.2, 0) is 19.9 Å². The zero-order valence-corrected chi connectivity index (χ0v) is 15.1. The molecule has 1 fully saturated rings. The predicted octanol–water partition coefficient (Wildman–Crippen LogP) is 1.23. The average Bonchev–Trinajstić information content (AvgIpc) is 2.54. The quantitative estimate of drug-likeness (QED) is 0.852. The van der Waals surface area contributed by atoms with Gasteiger partial charge in [-0.2, -0.15) is 4.31 Å². The van der Waals surface area contributed by atoms with Gasteiger partial charge in [-0.25, -0.2) is 16.8 Å². The summed E-state index contributed by atoms with van der Waals surface area (Å²) in [6.45, 7) is 4.21. The number of sulfone groups is 1. The van der Waals surface area contributed by atoms with Crippen LogP contribution in [0, 0.1) is 5.92 Å². The minimum Gasteiger partial charge on any atom is -0.329 e. The number of benzene rings is 1. The van der Waals surface area contributed by atoms with Crippen LogP contribution in [0.2, 0.25) is 0 Å². The first-order chi connectivity index (χ1) is 10.7. The molecule has 130 valence electrons. The highest BCUT2D eigenvalue weighted by Crippen LogP contribution is 2.29. The summed E-state index contributed by atoms with van der Waals surface area (Å²) in [5.74, 6) is 0.119. The number of nitrogens with zero attached hydrogens (tertiary/aromatic N) is 1. The Morgan fingerprint density at radius 2 is 1.87 bits per heavy atom. The van der Waals surface area contributed by atoms with Crippen molar-refractivity contribution in [1.82, 2.24) is 4.31 Å². The number of hydrogen-bond donors (Lipinski definition) is 1. The van der Waals surface area contributed by atoms with Gasteiger partial charge >= 0.3 is 0 Å². The predicted molar refractivity (Wildman–Crippen MR) is 89.3 cm³/mol. The molecule has 0 aromatic heterocycles. The van der Waals surface area contributed by atoms with Crippen molar-refractivity contribution < 1.29 is 16.8 Å². The summed E-state index contributed by atoms with van der Waals surface area (Å²) in [4.78, 5) is 0.0509. The Labute approximate surface area is 138 Å². The van der Waals surface area contributed by atoms with Crippen molar-refractivity contribution in [1.29, 1.82) is 0 Å². The van der Waals surface area contributed by atoms with E-state index in [-0.39, 0.29) is 34.0 Å². The smallest absolute Gasteiger partial charge is 0.243 e. The van der Waals surface area contributed by atoms with Gasteiger partial charge in [0.2, 0.25) is 10.0 Å². The fourth-order valence-corrected chi connectivity index (χ4v) is 5.81. The van der Waals surface area contributed by atoms with E-state index in [1.165, 1.54) is 35.5 Å². The van der Waals surface area contributed by atoms with Crippen molar-refractivity contribution in [2.45, 2.75) is 42.5 Å². The van der Waals surface area contributed by atoms with Crippen LogP contribution < -0.4 is 5.73 Å². The second-order valence-corrected chi connectivity index (χ2v) is 10.1. The maximum absolute atomic E-state index is 12.9. The maximum atomic E-state index is 12.9. The summed E-state index contributed by atoms with van der Waals surface area (Å²) in [7, 11) is -7.21. The summed E-state index contributed by atoms with van der Waals surface area (Å²) in [6, 6.07) is 5.34. The van der Waals surface area contributed by atoms with E-state index in [0.29, 0.717) is 6.54 Å². The third-order valence-electron chi connectivity index (χ3n) is 4.46. The molecular weight excluding hydrogens is 336 g/mol. The second-order valence-electron chi connectivity index (χ2n) is 5.92. The molecule has 0 amide bonds. The van der Waals surface area contributed by atoms with E-state index in [1.807, 2.05) is 6.92 Å². The largest absolute Gasteiger partial charge is 0.329 e. The lowest BCUT2D eigenvalue weighted by Gasteiger charge is -2.38. The molecule has 2 rings (SSSR count). The van der Waals surface area contributed by atoms with E-state index < -0.39 is 19.9 Å². The molecule has 1 aromatic carbocycles. The van der Waals surface area contributed by atoms with Crippen molar-refractivity contribution in [2.75, 3.05) is 18.8 Å². The van der Waals surface area contributed by atoms with Crippen molar-refractivity contribution >= 4 is 19.9 Å². The zero-order valence-electron chi connectivity index (χ0n) is 13.5. The van der Waals surface area contributed by atoms with Crippen LogP contribution in [0.15, 0.2) is 34.1 Å². The van der Waals surface area contributed by atoms with Crippen molar-refractivity contribution in [3.8, 4) is 0 Å². The molecule has 2 atom stereocenters. The van der Waals surface area contributed by atoms with Crippen LogP contribution in [0.5, 0.6) is 0 Å². The highest BCUT2D eigenvalue weighted by molar-refractivity contribution is 7.91. The van der Waals surface area contributed by atoms with Gasteiger partial charge in [0, 0.05) is 19.1 Å². The number of piperidine rings is 1. The van der Waals surface area contributed by atoms with Gasteiger partial charge in [0.25, 0.3) is 0 Å². The first-order valence-electron chi connectivity index (χ1n) is 7.78. The highest BCUT2D eigenvalue weighted by atomic mass is 32.2. The van der Waals surface area contributed by atoms with Crippen LogP contribution in [0.25, 0.3) is 0 Å². The molecule has 0 spiro atoms. The van der Waals surface area contributed by atoms with Crippen molar-refractivity contribution in [3.63, 3.8) is 0 Å². The minimum atomic E-state index is -3.76. The van der Waals surface area contributed by atoms with Crippen molar-refractivity contribution in [3.05, 3.63) is 24.3 Å². The fourth-order valence-electron chi connectivity index (χ4n) is 2.99. The Bertz CT molecular complexity index is 759. The molecule has 1 saturated heterocycles. The van der Waals surface area contributed by atoms with Gasteiger partial charge in [-0.15, -0.1) is 0 Å². The van der Waals surface area contributed by atoms with Crippen LogP contribution >= 0.6 is 0 Å².